The lowest BCUT2D eigenvalue weighted by Crippen LogP contribution is -2.48. The van der Waals surface area contributed by atoms with Crippen LogP contribution in [0.2, 0.25) is 0 Å². The van der Waals surface area contributed by atoms with Gasteiger partial charge >= 0.3 is 0 Å². The maximum Gasteiger partial charge on any atom is 0.245 e. The summed E-state index contributed by atoms with van der Waals surface area (Å²) in [5.74, 6) is 1.45. The van der Waals surface area contributed by atoms with Gasteiger partial charge in [0.2, 0.25) is 23.0 Å². The van der Waals surface area contributed by atoms with E-state index in [1.54, 1.807) is 38.4 Å². The average molecular weight is 568 g/mol. The molecule has 2 aromatic rings. The summed E-state index contributed by atoms with van der Waals surface area (Å²) in [6.07, 6.45) is 1.74. The number of morpholine rings is 1. The van der Waals surface area contributed by atoms with Crippen molar-refractivity contribution in [2.24, 2.45) is 5.92 Å². The number of methoxy groups -OCH3 is 3. The minimum atomic E-state index is -0.569. The number of hydrogen-bond donors (Lipinski definition) is 2. The summed E-state index contributed by atoms with van der Waals surface area (Å²) in [5.41, 5.74) is 3.17. The van der Waals surface area contributed by atoms with Crippen LogP contribution >= 0.6 is 0 Å². The first-order valence-electron chi connectivity index (χ1n) is 14.1. The van der Waals surface area contributed by atoms with Crippen molar-refractivity contribution in [3.63, 3.8) is 0 Å². The molecular weight excluding hydrogens is 526 g/mol. The van der Waals surface area contributed by atoms with E-state index in [-0.39, 0.29) is 23.2 Å². The molecule has 0 aromatic heterocycles. The first-order chi connectivity index (χ1) is 19.7. The van der Waals surface area contributed by atoms with E-state index in [1.165, 1.54) is 6.92 Å². The molecule has 0 spiro atoms. The normalized spacial score (nSPS) is 17.0. The van der Waals surface area contributed by atoms with Crippen LogP contribution in [0.3, 0.4) is 0 Å². The molecule has 10 heteroatoms. The number of rotatable bonds is 9. The number of carbonyl (C=O) groups is 2. The number of anilines is 1. The zero-order valence-corrected chi connectivity index (χ0v) is 24.8. The zero-order valence-electron chi connectivity index (χ0n) is 24.8. The van der Waals surface area contributed by atoms with Crippen molar-refractivity contribution in [3.05, 3.63) is 45.6 Å². The Balaban J connectivity index is 1.87. The number of hydrogen-bond acceptors (Lipinski definition) is 8. The number of ether oxygens (including phenoxy) is 4. The standard InChI is InChI=1S/C31H41N3O7/c1-18(2)15-25(31(37)34-11-13-41-14-12-34)33-24-10-8-21-22(17-26(24)36)23(32-19(3)35)9-7-20-16-27(38-4)29(39-5)30(40-6)28(20)21/h8,10,16-18,23,25H,7,9,11-15H2,1-6H3,(H,32,35)(H,33,36)/t23-,25-/m0/s1. The van der Waals surface area contributed by atoms with E-state index in [0.29, 0.717) is 74.1 Å². The molecule has 0 unspecified atom stereocenters. The number of carbonyl (C=O) groups excluding carboxylic acids is 2. The van der Waals surface area contributed by atoms with Crippen LogP contribution in [0.5, 0.6) is 17.2 Å². The fraction of sp³-hybridized carbons (Fsp3) is 0.516. The molecule has 2 aromatic carbocycles. The van der Waals surface area contributed by atoms with Crippen LogP contribution in [0.1, 0.15) is 50.8 Å². The van der Waals surface area contributed by atoms with Gasteiger partial charge in [0.1, 0.15) is 6.04 Å². The van der Waals surface area contributed by atoms with E-state index in [0.717, 1.165) is 16.7 Å². The summed E-state index contributed by atoms with van der Waals surface area (Å²) in [4.78, 5) is 41.3. The van der Waals surface area contributed by atoms with Crippen LogP contribution in [0.25, 0.3) is 11.1 Å². The fourth-order valence-corrected chi connectivity index (χ4v) is 5.71. The molecule has 0 bridgehead atoms. The topological polar surface area (TPSA) is 115 Å². The maximum atomic E-state index is 13.7. The fourth-order valence-electron chi connectivity index (χ4n) is 5.71. The first-order valence-corrected chi connectivity index (χ1v) is 14.1. The van der Waals surface area contributed by atoms with Gasteiger partial charge in [0.05, 0.1) is 46.3 Å². The summed E-state index contributed by atoms with van der Waals surface area (Å²) in [6, 6.07) is 6.08. The molecule has 1 heterocycles. The highest BCUT2D eigenvalue weighted by molar-refractivity contribution is 5.86. The molecule has 41 heavy (non-hydrogen) atoms. The highest BCUT2D eigenvalue weighted by Gasteiger charge is 2.31. The highest BCUT2D eigenvalue weighted by atomic mass is 16.5. The van der Waals surface area contributed by atoms with E-state index in [2.05, 4.69) is 24.5 Å². The Bertz CT molecular complexity index is 1340. The largest absolute Gasteiger partial charge is 0.493 e. The minimum Gasteiger partial charge on any atom is -0.493 e. The second kappa shape index (κ2) is 13.2. The second-order valence-corrected chi connectivity index (χ2v) is 10.9. The van der Waals surface area contributed by atoms with Crippen LogP contribution in [-0.2, 0) is 20.7 Å². The summed E-state index contributed by atoms with van der Waals surface area (Å²) in [7, 11) is 4.69. The summed E-state index contributed by atoms with van der Waals surface area (Å²) in [6.45, 7) is 7.62. The Morgan fingerprint density at radius 3 is 2.37 bits per heavy atom. The number of nitrogens with zero attached hydrogens (tertiary/aromatic N) is 1. The van der Waals surface area contributed by atoms with Gasteiger partial charge in [-0.25, -0.2) is 0 Å². The molecule has 10 nitrogen and oxygen atoms in total. The number of fused-ring (bicyclic) bond motifs is 3. The molecule has 1 aliphatic heterocycles. The van der Waals surface area contributed by atoms with Crippen molar-refractivity contribution in [2.45, 2.75) is 52.1 Å². The van der Waals surface area contributed by atoms with E-state index in [9.17, 15) is 14.4 Å². The first kappa shape index (κ1) is 30.2. The van der Waals surface area contributed by atoms with E-state index < -0.39 is 12.1 Å². The number of amides is 2. The Morgan fingerprint density at radius 1 is 1.05 bits per heavy atom. The molecule has 2 amide bonds. The van der Waals surface area contributed by atoms with E-state index in [4.69, 9.17) is 18.9 Å². The Morgan fingerprint density at radius 2 is 1.76 bits per heavy atom. The molecule has 1 aliphatic carbocycles. The Hall–Kier alpha value is -3.79. The van der Waals surface area contributed by atoms with Crippen LogP contribution in [0.15, 0.2) is 29.1 Å². The van der Waals surface area contributed by atoms with Crippen molar-refractivity contribution in [1.82, 2.24) is 10.2 Å². The van der Waals surface area contributed by atoms with Crippen LogP contribution in [0.4, 0.5) is 5.69 Å². The van der Waals surface area contributed by atoms with Crippen molar-refractivity contribution in [2.75, 3.05) is 52.9 Å². The summed E-state index contributed by atoms with van der Waals surface area (Å²) < 4.78 is 22.5. The van der Waals surface area contributed by atoms with Gasteiger partial charge in [0.25, 0.3) is 0 Å². The average Bonchev–Trinajstić information content (AvgIpc) is 3.20. The van der Waals surface area contributed by atoms with Crippen molar-refractivity contribution in [1.29, 1.82) is 0 Å². The van der Waals surface area contributed by atoms with Gasteiger partial charge in [-0.05, 0) is 60.1 Å². The third kappa shape index (κ3) is 6.59. The van der Waals surface area contributed by atoms with Crippen molar-refractivity contribution < 1.29 is 28.5 Å². The molecule has 0 radical (unpaired) electrons. The lowest BCUT2D eigenvalue weighted by atomic mass is 9.95. The lowest BCUT2D eigenvalue weighted by Gasteiger charge is -2.31. The molecule has 1 saturated heterocycles. The van der Waals surface area contributed by atoms with Gasteiger partial charge < -0.3 is 34.5 Å². The van der Waals surface area contributed by atoms with Gasteiger partial charge in [-0.2, -0.15) is 0 Å². The molecule has 0 saturated carbocycles. The third-order valence-corrected chi connectivity index (χ3v) is 7.57. The number of aryl methyl sites for hydroxylation is 1. The second-order valence-electron chi connectivity index (χ2n) is 10.9. The number of nitrogens with one attached hydrogen (secondary N) is 2. The molecule has 2 atom stereocenters. The lowest BCUT2D eigenvalue weighted by molar-refractivity contribution is -0.136. The Labute approximate surface area is 241 Å². The van der Waals surface area contributed by atoms with Gasteiger partial charge in [-0.15, -0.1) is 0 Å². The monoisotopic (exact) mass is 567 g/mol. The predicted octanol–water partition coefficient (Wildman–Crippen LogP) is 3.55. The Kier molecular flexibility index (Phi) is 9.75. The molecular formula is C31H41N3O7. The van der Waals surface area contributed by atoms with E-state index in [1.807, 2.05) is 12.1 Å². The van der Waals surface area contributed by atoms with Crippen molar-refractivity contribution >= 4 is 17.5 Å². The molecule has 2 aliphatic rings. The van der Waals surface area contributed by atoms with E-state index >= 15 is 0 Å². The van der Waals surface area contributed by atoms with Gasteiger partial charge in [0.15, 0.2) is 11.5 Å². The molecule has 1 fully saturated rings. The van der Waals surface area contributed by atoms with Crippen molar-refractivity contribution in [3.8, 4) is 28.4 Å². The third-order valence-electron chi connectivity index (χ3n) is 7.57. The zero-order chi connectivity index (χ0) is 29.7. The molecule has 4 rings (SSSR count). The van der Waals surface area contributed by atoms with Crippen LogP contribution in [0, 0.1) is 5.92 Å². The minimum absolute atomic E-state index is 0.0468. The van der Waals surface area contributed by atoms with Crippen LogP contribution in [-0.4, -0.2) is 70.4 Å². The quantitative estimate of drug-likeness (QED) is 0.473. The summed E-state index contributed by atoms with van der Waals surface area (Å²) >= 11 is 0. The smallest absolute Gasteiger partial charge is 0.245 e. The predicted molar refractivity (Wildman–Crippen MR) is 157 cm³/mol. The van der Waals surface area contributed by atoms with Gasteiger partial charge in [-0.3, -0.25) is 14.4 Å². The molecule has 2 N–H and O–H groups in total. The van der Waals surface area contributed by atoms with Gasteiger partial charge in [0, 0.05) is 25.6 Å². The van der Waals surface area contributed by atoms with Gasteiger partial charge in [-0.1, -0.05) is 19.9 Å². The van der Waals surface area contributed by atoms with Crippen LogP contribution < -0.4 is 30.3 Å². The SMILES string of the molecule is COc1cc2c(c(OC)c1OC)-c1ccc(N[C@@H](CC(C)C)C(=O)N3CCOCC3)c(=O)cc1[C@@H](NC(C)=O)CC2. The summed E-state index contributed by atoms with van der Waals surface area (Å²) in [5, 5.41) is 6.30. The highest BCUT2D eigenvalue weighted by Crippen LogP contribution is 2.50. The number of benzene rings is 1. The molecule has 222 valence electrons. The maximum absolute atomic E-state index is 13.7.